The molecule has 0 saturated carbocycles. The van der Waals surface area contributed by atoms with E-state index in [-0.39, 0.29) is 17.5 Å². The van der Waals surface area contributed by atoms with Crippen LogP contribution in [0.3, 0.4) is 0 Å². The summed E-state index contributed by atoms with van der Waals surface area (Å²) in [6, 6.07) is 12.8. The predicted octanol–water partition coefficient (Wildman–Crippen LogP) is 4.33. The van der Waals surface area contributed by atoms with Crippen molar-refractivity contribution in [3.8, 4) is 5.75 Å². The van der Waals surface area contributed by atoms with Crippen LogP contribution in [0.4, 0.5) is 5.69 Å². The summed E-state index contributed by atoms with van der Waals surface area (Å²) in [5.74, 6) is 1.11. The number of ketones is 1. The number of anilines is 1. The first-order valence-corrected chi connectivity index (χ1v) is 9.21. The molecule has 0 atom stereocenters. The standard InChI is InChI=1S/C22H20N2O4/c1-14-20-18(25)9-5-10-19(20)28-21(14)22(26)24-15-7-4-8-17(12-15)27-13-16-6-2-3-11-23-16/h2-4,6-8,11-12H,5,9-10,13H2,1H3,(H,24,26). The number of carbonyl (C=O) groups is 2. The SMILES string of the molecule is Cc1c(C(=O)Nc2cccc(OCc3ccccn3)c2)oc2c1C(=O)CCC2. The Morgan fingerprint density at radius 2 is 2.11 bits per heavy atom. The van der Waals surface area contributed by atoms with E-state index in [2.05, 4.69) is 10.3 Å². The molecule has 2 aromatic heterocycles. The summed E-state index contributed by atoms with van der Waals surface area (Å²) >= 11 is 0. The number of Topliss-reactive ketones (excluding diaryl/α,β-unsaturated/α-hetero) is 1. The number of nitrogens with one attached hydrogen (secondary N) is 1. The van der Waals surface area contributed by atoms with Crippen LogP contribution in [0.2, 0.25) is 0 Å². The molecule has 1 aromatic carbocycles. The molecule has 3 aromatic rings. The predicted molar refractivity (Wildman–Crippen MR) is 104 cm³/mol. The number of aryl methyl sites for hydroxylation is 1. The normalized spacial score (nSPS) is 13.1. The van der Waals surface area contributed by atoms with Crippen molar-refractivity contribution >= 4 is 17.4 Å². The average molecular weight is 376 g/mol. The van der Waals surface area contributed by atoms with Gasteiger partial charge in [-0.15, -0.1) is 0 Å². The fraction of sp³-hybridized carbons (Fsp3) is 0.227. The number of aromatic nitrogens is 1. The molecule has 1 N–H and O–H groups in total. The summed E-state index contributed by atoms with van der Waals surface area (Å²) in [4.78, 5) is 29.0. The largest absolute Gasteiger partial charge is 0.487 e. The van der Waals surface area contributed by atoms with E-state index >= 15 is 0 Å². The molecule has 0 fully saturated rings. The Bertz CT molecular complexity index is 1020. The maximum atomic E-state index is 12.7. The highest BCUT2D eigenvalue weighted by atomic mass is 16.5. The molecule has 0 saturated heterocycles. The van der Waals surface area contributed by atoms with Gasteiger partial charge in [-0.25, -0.2) is 0 Å². The molecule has 4 rings (SSSR count). The number of furan rings is 1. The molecule has 2 heterocycles. The first kappa shape index (κ1) is 18.0. The average Bonchev–Trinajstić information content (AvgIpc) is 3.05. The Morgan fingerprint density at radius 3 is 2.89 bits per heavy atom. The highest BCUT2D eigenvalue weighted by Gasteiger charge is 2.28. The second-order valence-electron chi connectivity index (χ2n) is 6.72. The van der Waals surface area contributed by atoms with Gasteiger partial charge < -0.3 is 14.5 Å². The molecule has 0 spiro atoms. The Morgan fingerprint density at radius 1 is 1.21 bits per heavy atom. The molecule has 1 aliphatic carbocycles. The third kappa shape index (κ3) is 3.67. The molecule has 0 unspecified atom stereocenters. The van der Waals surface area contributed by atoms with Crippen LogP contribution in [0.15, 0.2) is 53.1 Å². The lowest BCUT2D eigenvalue weighted by Gasteiger charge is -2.08. The zero-order chi connectivity index (χ0) is 19.5. The lowest BCUT2D eigenvalue weighted by molar-refractivity contribution is 0.0963. The quantitative estimate of drug-likeness (QED) is 0.717. The number of benzene rings is 1. The number of fused-ring (bicyclic) bond motifs is 1. The van der Waals surface area contributed by atoms with E-state index in [0.717, 1.165) is 12.1 Å². The monoisotopic (exact) mass is 376 g/mol. The van der Waals surface area contributed by atoms with Gasteiger partial charge in [0, 0.05) is 36.4 Å². The van der Waals surface area contributed by atoms with Crippen LogP contribution in [-0.4, -0.2) is 16.7 Å². The minimum atomic E-state index is -0.374. The maximum absolute atomic E-state index is 12.7. The number of pyridine rings is 1. The third-order valence-electron chi connectivity index (χ3n) is 4.72. The molecule has 142 valence electrons. The van der Waals surface area contributed by atoms with Crippen molar-refractivity contribution in [2.75, 3.05) is 5.32 Å². The second kappa shape index (κ2) is 7.68. The first-order valence-electron chi connectivity index (χ1n) is 9.21. The van der Waals surface area contributed by atoms with Crippen LogP contribution in [0.1, 0.15) is 50.8 Å². The molecule has 28 heavy (non-hydrogen) atoms. The molecule has 0 aliphatic heterocycles. The van der Waals surface area contributed by atoms with E-state index in [4.69, 9.17) is 9.15 Å². The third-order valence-corrected chi connectivity index (χ3v) is 4.72. The topological polar surface area (TPSA) is 81.4 Å². The Labute approximate surface area is 162 Å². The second-order valence-corrected chi connectivity index (χ2v) is 6.72. The van der Waals surface area contributed by atoms with Crippen molar-refractivity contribution < 1.29 is 18.7 Å². The minimum Gasteiger partial charge on any atom is -0.487 e. The van der Waals surface area contributed by atoms with Crippen LogP contribution in [0.5, 0.6) is 5.75 Å². The summed E-state index contributed by atoms with van der Waals surface area (Å²) in [5.41, 5.74) is 2.59. The molecule has 6 heteroatoms. The van der Waals surface area contributed by atoms with Gasteiger partial charge >= 0.3 is 0 Å². The van der Waals surface area contributed by atoms with E-state index in [9.17, 15) is 9.59 Å². The van der Waals surface area contributed by atoms with Crippen molar-refractivity contribution in [3.63, 3.8) is 0 Å². The number of hydrogen-bond acceptors (Lipinski definition) is 5. The number of ether oxygens (including phenoxy) is 1. The summed E-state index contributed by atoms with van der Waals surface area (Å²) in [5, 5.41) is 2.82. The maximum Gasteiger partial charge on any atom is 0.291 e. The molecule has 1 aliphatic rings. The van der Waals surface area contributed by atoms with Gasteiger partial charge in [0.15, 0.2) is 11.5 Å². The molecule has 1 amide bonds. The zero-order valence-corrected chi connectivity index (χ0v) is 15.5. The van der Waals surface area contributed by atoms with Gasteiger partial charge in [-0.1, -0.05) is 12.1 Å². The fourth-order valence-electron chi connectivity index (χ4n) is 3.36. The van der Waals surface area contributed by atoms with E-state index in [1.165, 1.54) is 0 Å². The van der Waals surface area contributed by atoms with Gasteiger partial charge in [-0.3, -0.25) is 14.6 Å². The van der Waals surface area contributed by atoms with Crippen LogP contribution in [0.25, 0.3) is 0 Å². The molecular formula is C22H20N2O4. The van der Waals surface area contributed by atoms with Gasteiger partial charge in [0.05, 0.1) is 11.3 Å². The Balaban J connectivity index is 1.47. The van der Waals surface area contributed by atoms with Gasteiger partial charge in [-0.2, -0.15) is 0 Å². The summed E-state index contributed by atoms with van der Waals surface area (Å²) in [7, 11) is 0. The lowest BCUT2D eigenvalue weighted by Crippen LogP contribution is -2.13. The number of hydrogen-bond donors (Lipinski definition) is 1. The Kier molecular flexibility index (Phi) is 4.93. The molecule has 6 nitrogen and oxygen atoms in total. The summed E-state index contributed by atoms with van der Waals surface area (Å²) in [6.45, 7) is 2.09. The highest BCUT2D eigenvalue weighted by Crippen LogP contribution is 2.30. The van der Waals surface area contributed by atoms with Crippen LogP contribution >= 0.6 is 0 Å². The van der Waals surface area contributed by atoms with E-state index in [1.807, 2.05) is 24.3 Å². The van der Waals surface area contributed by atoms with Crippen LogP contribution in [-0.2, 0) is 13.0 Å². The van der Waals surface area contributed by atoms with Crippen molar-refractivity contribution in [1.82, 2.24) is 4.98 Å². The fourth-order valence-corrected chi connectivity index (χ4v) is 3.36. The minimum absolute atomic E-state index is 0.0477. The van der Waals surface area contributed by atoms with Gasteiger partial charge in [0.1, 0.15) is 18.1 Å². The van der Waals surface area contributed by atoms with Gasteiger partial charge in [-0.05, 0) is 37.6 Å². The zero-order valence-electron chi connectivity index (χ0n) is 15.5. The van der Waals surface area contributed by atoms with Crippen molar-refractivity contribution in [2.45, 2.75) is 32.8 Å². The number of nitrogens with zero attached hydrogens (tertiary/aromatic N) is 1. The van der Waals surface area contributed by atoms with Gasteiger partial charge in [0.25, 0.3) is 5.91 Å². The van der Waals surface area contributed by atoms with Crippen molar-refractivity contribution in [3.05, 3.63) is 77.0 Å². The lowest BCUT2D eigenvalue weighted by atomic mass is 9.94. The van der Waals surface area contributed by atoms with Crippen molar-refractivity contribution in [2.24, 2.45) is 0 Å². The first-order chi connectivity index (χ1) is 13.6. The molecule has 0 bridgehead atoms. The molecular weight excluding hydrogens is 356 g/mol. The number of amides is 1. The Hall–Kier alpha value is -3.41. The molecule has 0 radical (unpaired) electrons. The summed E-state index contributed by atoms with van der Waals surface area (Å²) in [6.07, 6.45) is 3.66. The van der Waals surface area contributed by atoms with E-state index in [1.54, 1.807) is 31.3 Å². The van der Waals surface area contributed by atoms with E-state index in [0.29, 0.717) is 47.8 Å². The van der Waals surface area contributed by atoms with Crippen LogP contribution in [0, 0.1) is 6.92 Å². The summed E-state index contributed by atoms with van der Waals surface area (Å²) < 4.78 is 11.4. The van der Waals surface area contributed by atoms with Crippen molar-refractivity contribution in [1.29, 1.82) is 0 Å². The number of carbonyl (C=O) groups excluding carboxylic acids is 2. The smallest absolute Gasteiger partial charge is 0.291 e. The van der Waals surface area contributed by atoms with Crippen LogP contribution < -0.4 is 10.1 Å². The van der Waals surface area contributed by atoms with E-state index < -0.39 is 0 Å². The van der Waals surface area contributed by atoms with Gasteiger partial charge in [0.2, 0.25) is 0 Å². The highest BCUT2D eigenvalue weighted by molar-refractivity contribution is 6.07. The number of rotatable bonds is 5.